The Hall–Kier alpha value is -3.00. The van der Waals surface area contributed by atoms with Crippen LogP contribution in [0.5, 0.6) is 0 Å². The first-order valence-corrected chi connectivity index (χ1v) is 12.8. The van der Waals surface area contributed by atoms with E-state index in [0.717, 1.165) is 0 Å². The fraction of sp³-hybridized carbons (Fsp3) is 0.524. The number of carbonyl (C=O) groups excluding carboxylic acids is 3. The van der Waals surface area contributed by atoms with Crippen LogP contribution in [0.15, 0.2) is 23.4 Å². The molecule has 0 aromatic carbocycles. The van der Waals surface area contributed by atoms with E-state index in [-0.39, 0.29) is 29.5 Å². The van der Waals surface area contributed by atoms with Crippen molar-refractivity contribution in [1.82, 2.24) is 15.2 Å². The summed E-state index contributed by atoms with van der Waals surface area (Å²) >= 11 is 2.47. The van der Waals surface area contributed by atoms with Gasteiger partial charge >= 0.3 is 11.9 Å². The van der Waals surface area contributed by atoms with Gasteiger partial charge in [-0.3, -0.25) is 14.4 Å². The molecule has 35 heavy (non-hydrogen) atoms. The van der Waals surface area contributed by atoms with Gasteiger partial charge < -0.3 is 30.6 Å². The zero-order chi connectivity index (χ0) is 26.0. The number of aromatic nitrogens is 1. The van der Waals surface area contributed by atoms with Crippen molar-refractivity contribution in [3.8, 4) is 0 Å². The van der Waals surface area contributed by atoms with E-state index in [1.54, 1.807) is 33.1 Å². The minimum atomic E-state index is -1.10. The van der Waals surface area contributed by atoms with E-state index in [9.17, 15) is 24.3 Å². The Morgan fingerprint density at radius 2 is 2.11 bits per heavy atom. The van der Waals surface area contributed by atoms with Crippen LogP contribution in [0.1, 0.15) is 26.5 Å². The maximum atomic E-state index is 13.1. The van der Waals surface area contributed by atoms with Crippen LogP contribution in [0, 0.1) is 0 Å². The Labute approximate surface area is 210 Å². The number of nitrogen functional groups attached to an aromatic ring is 1. The number of thioether (sulfide) groups is 2. The smallest absolute Gasteiger partial charge is 0.347 e. The number of esters is 1. The maximum absolute atomic E-state index is 13.1. The third kappa shape index (κ3) is 5.99. The summed E-state index contributed by atoms with van der Waals surface area (Å²) < 4.78 is 4.05. The van der Waals surface area contributed by atoms with Crippen molar-refractivity contribution < 1.29 is 33.9 Å². The first kappa shape index (κ1) is 26.6. The fourth-order valence-corrected chi connectivity index (χ4v) is 5.92. The number of hydrogen-bond acceptors (Lipinski definition) is 11. The van der Waals surface area contributed by atoms with Gasteiger partial charge in [-0.15, -0.1) is 23.5 Å². The molecule has 0 spiro atoms. The van der Waals surface area contributed by atoms with Gasteiger partial charge in [-0.2, -0.15) is 0 Å². The molecular weight excluding hydrogens is 498 g/mol. The number of oxime groups is 1. The molecule has 190 valence electrons. The van der Waals surface area contributed by atoms with Gasteiger partial charge in [0.1, 0.15) is 33.3 Å². The number of nitrogens with zero attached hydrogens (tertiary/aromatic N) is 3. The highest BCUT2D eigenvalue weighted by Crippen LogP contribution is 2.43. The molecular formula is C21H27N5O7S2. The second-order valence-electron chi connectivity index (χ2n) is 8.87. The first-order chi connectivity index (χ1) is 16.4. The van der Waals surface area contributed by atoms with Crippen molar-refractivity contribution in [2.75, 3.05) is 30.9 Å². The molecule has 2 unspecified atom stereocenters. The number of amides is 2. The summed E-state index contributed by atoms with van der Waals surface area (Å²) in [6.07, 6.45) is 1.69. The van der Waals surface area contributed by atoms with Crippen LogP contribution in [-0.2, 0) is 28.8 Å². The van der Waals surface area contributed by atoms with E-state index in [1.165, 1.54) is 40.6 Å². The van der Waals surface area contributed by atoms with Gasteiger partial charge in [-0.05, 0) is 39.2 Å². The molecule has 3 rings (SSSR count). The Morgan fingerprint density at radius 1 is 1.40 bits per heavy atom. The highest BCUT2D eigenvalue weighted by molar-refractivity contribution is 8.04. The molecule has 3 atom stereocenters. The molecule has 14 heteroatoms. The topological polar surface area (TPSA) is 174 Å². The molecule has 1 aromatic heterocycles. The molecule has 0 bridgehead atoms. The van der Waals surface area contributed by atoms with Crippen LogP contribution >= 0.6 is 23.5 Å². The lowest BCUT2D eigenvalue weighted by Crippen LogP contribution is -2.74. The quantitative estimate of drug-likeness (QED) is 0.184. The number of carboxylic acid groups (broad SMARTS) is 1. The van der Waals surface area contributed by atoms with Crippen molar-refractivity contribution in [1.29, 1.82) is 0 Å². The van der Waals surface area contributed by atoms with Crippen molar-refractivity contribution >= 4 is 58.8 Å². The Kier molecular flexibility index (Phi) is 7.84. The van der Waals surface area contributed by atoms with Gasteiger partial charge in [0.15, 0.2) is 5.71 Å². The summed E-state index contributed by atoms with van der Waals surface area (Å²) in [7, 11) is 0. The van der Waals surface area contributed by atoms with Gasteiger partial charge in [0, 0.05) is 12.3 Å². The predicted molar refractivity (Wildman–Crippen MR) is 131 cm³/mol. The van der Waals surface area contributed by atoms with E-state index in [0.29, 0.717) is 0 Å². The zero-order valence-corrected chi connectivity index (χ0v) is 21.3. The molecule has 2 fully saturated rings. The van der Waals surface area contributed by atoms with E-state index in [2.05, 4.69) is 15.5 Å². The number of carboxylic acids is 1. The van der Waals surface area contributed by atoms with Crippen molar-refractivity contribution in [3.05, 3.63) is 23.9 Å². The highest BCUT2D eigenvalue weighted by Gasteiger charge is 2.57. The lowest BCUT2D eigenvalue weighted by atomic mass is 10.0. The molecule has 0 radical (unpaired) electrons. The molecule has 2 saturated heterocycles. The fourth-order valence-electron chi connectivity index (χ4n) is 3.41. The van der Waals surface area contributed by atoms with Crippen LogP contribution in [0.2, 0.25) is 0 Å². The number of ether oxygens (including phenoxy) is 1. The summed E-state index contributed by atoms with van der Waals surface area (Å²) in [5, 5.41) is 15.6. The van der Waals surface area contributed by atoms with Gasteiger partial charge in [-0.1, -0.05) is 11.2 Å². The summed E-state index contributed by atoms with van der Waals surface area (Å²) in [5.41, 5.74) is 4.81. The van der Waals surface area contributed by atoms with Gasteiger partial charge in [0.05, 0.1) is 0 Å². The van der Waals surface area contributed by atoms with Crippen LogP contribution in [0.25, 0.3) is 0 Å². The van der Waals surface area contributed by atoms with Crippen LogP contribution in [0.3, 0.4) is 0 Å². The number of hydrogen-bond donors (Lipinski definition) is 3. The van der Waals surface area contributed by atoms with Gasteiger partial charge in [0.2, 0.25) is 12.5 Å². The van der Waals surface area contributed by atoms with Crippen LogP contribution in [0.4, 0.5) is 5.82 Å². The minimum Gasteiger partial charge on any atom is -0.480 e. The van der Waals surface area contributed by atoms with Crippen molar-refractivity contribution in [2.24, 2.45) is 5.16 Å². The molecule has 2 aliphatic heterocycles. The Balaban J connectivity index is 1.72. The van der Waals surface area contributed by atoms with E-state index in [4.69, 9.17) is 15.3 Å². The number of nitrogens with one attached hydrogen (secondary N) is 1. The lowest BCUT2D eigenvalue weighted by Gasteiger charge is -2.53. The highest BCUT2D eigenvalue weighted by atomic mass is 32.2. The number of aliphatic carboxylic acids is 1. The minimum absolute atomic E-state index is 0.0447. The van der Waals surface area contributed by atoms with Gasteiger partial charge in [0.25, 0.3) is 5.91 Å². The third-order valence-corrected chi connectivity index (χ3v) is 8.05. The monoisotopic (exact) mass is 525 g/mol. The number of rotatable bonds is 8. The molecule has 2 aliphatic rings. The predicted octanol–water partition coefficient (Wildman–Crippen LogP) is 0.313. The van der Waals surface area contributed by atoms with Crippen molar-refractivity contribution in [3.63, 3.8) is 0 Å². The summed E-state index contributed by atoms with van der Waals surface area (Å²) in [5.74, 6) is -2.41. The zero-order valence-electron chi connectivity index (χ0n) is 19.6. The summed E-state index contributed by atoms with van der Waals surface area (Å²) in [4.78, 5) is 60.0. The SMILES string of the molecule is CSC1(C(=O)O)CS[C@@H]2C(NC(=O)C(=NOCC(=O)OC(C)(C)C)c3cccc(N)n3)C(=O)N2C1. The van der Waals surface area contributed by atoms with E-state index >= 15 is 0 Å². The second-order valence-corrected chi connectivity index (χ2v) is 11.2. The molecule has 4 N–H and O–H groups in total. The van der Waals surface area contributed by atoms with E-state index in [1.807, 2.05) is 0 Å². The van der Waals surface area contributed by atoms with Crippen LogP contribution in [-0.4, -0.2) is 91.4 Å². The molecule has 0 aliphatic carbocycles. The van der Waals surface area contributed by atoms with Crippen molar-refractivity contribution in [2.45, 2.75) is 42.5 Å². The number of fused-ring (bicyclic) bond motifs is 1. The number of carbonyl (C=O) groups is 4. The van der Waals surface area contributed by atoms with Gasteiger partial charge in [-0.25, -0.2) is 9.78 Å². The maximum Gasteiger partial charge on any atom is 0.347 e. The largest absolute Gasteiger partial charge is 0.480 e. The molecule has 2 amide bonds. The third-order valence-electron chi connectivity index (χ3n) is 5.11. The normalized spacial score (nSPS) is 24.2. The first-order valence-electron chi connectivity index (χ1n) is 10.5. The molecule has 12 nitrogen and oxygen atoms in total. The Morgan fingerprint density at radius 3 is 2.71 bits per heavy atom. The number of anilines is 1. The summed E-state index contributed by atoms with van der Waals surface area (Å²) in [6, 6.07) is 3.69. The summed E-state index contributed by atoms with van der Waals surface area (Å²) in [6.45, 7) is 4.60. The molecule has 3 heterocycles. The standard InChI is InChI=1S/C21H27N5O7S2/c1-20(2,3)33-13(27)8-32-25-14(11-6-5-7-12(22)23-11)16(28)24-15-17(29)26-9-21(34-4,19(30)31)10-35-18(15)26/h5-7,15,18H,8-10H2,1-4H3,(H2,22,23)(H,24,28)(H,30,31)/t15?,18-,21?/m1/s1. The average molecular weight is 526 g/mol. The average Bonchev–Trinajstić information content (AvgIpc) is 2.78. The number of β-lactam (4-membered cyclic amide) rings is 1. The second kappa shape index (κ2) is 10.3. The number of nitrogens with two attached hydrogens (primary N) is 1. The molecule has 1 aromatic rings. The lowest BCUT2D eigenvalue weighted by molar-refractivity contribution is -0.160. The Bertz CT molecular complexity index is 1060. The van der Waals surface area contributed by atoms with Crippen LogP contribution < -0.4 is 11.1 Å². The number of pyridine rings is 1. The van der Waals surface area contributed by atoms with E-state index < -0.39 is 52.1 Å². The molecule has 0 saturated carbocycles.